The van der Waals surface area contributed by atoms with Crippen LogP contribution in [0, 0.1) is 5.92 Å². The van der Waals surface area contributed by atoms with Gasteiger partial charge in [-0.1, -0.05) is 19.8 Å². The van der Waals surface area contributed by atoms with Crippen LogP contribution in [0.5, 0.6) is 5.75 Å². The Labute approximate surface area is 149 Å². The number of ether oxygens (including phenoxy) is 1. The molecule has 1 aromatic carbocycles. The van der Waals surface area contributed by atoms with Crippen LogP contribution in [-0.4, -0.2) is 38.1 Å². The first-order valence-corrected chi connectivity index (χ1v) is 8.96. The molecule has 1 aliphatic rings. The lowest BCUT2D eigenvalue weighted by atomic mass is 9.86. The molecule has 0 spiro atoms. The van der Waals surface area contributed by atoms with Gasteiger partial charge in [-0.25, -0.2) is 0 Å². The zero-order valence-corrected chi connectivity index (χ0v) is 15.2. The fourth-order valence-electron chi connectivity index (χ4n) is 3.29. The maximum atomic E-state index is 12.5. The first kappa shape index (κ1) is 19.1. The van der Waals surface area contributed by atoms with Crippen LogP contribution in [0.1, 0.15) is 39.0 Å². The second kappa shape index (κ2) is 9.30. The summed E-state index contributed by atoms with van der Waals surface area (Å²) >= 11 is 0. The highest BCUT2D eigenvalue weighted by Gasteiger charge is 2.23. The van der Waals surface area contributed by atoms with Gasteiger partial charge < -0.3 is 20.7 Å². The van der Waals surface area contributed by atoms with Gasteiger partial charge in [-0.15, -0.1) is 0 Å². The van der Waals surface area contributed by atoms with E-state index >= 15 is 0 Å². The summed E-state index contributed by atoms with van der Waals surface area (Å²) in [6.07, 6.45) is 4.81. The van der Waals surface area contributed by atoms with Crippen molar-refractivity contribution in [2.24, 2.45) is 11.7 Å². The van der Waals surface area contributed by atoms with Gasteiger partial charge in [0.2, 0.25) is 11.8 Å². The fraction of sp³-hybridized carbons (Fsp3) is 0.579. The molecule has 2 atom stereocenters. The van der Waals surface area contributed by atoms with Gasteiger partial charge in [-0.3, -0.25) is 9.59 Å². The zero-order valence-electron chi connectivity index (χ0n) is 15.2. The Morgan fingerprint density at radius 2 is 1.92 bits per heavy atom. The summed E-state index contributed by atoms with van der Waals surface area (Å²) < 4.78 is 5.17. The van der Waals surface area contributed by atoms with Crippen molar-refractivity contribution in [2.45, 2.75) is 45.1 Å². The number of hydrogen-bond acceptors (Lipinski definition) is 4. The summed E-state index contributed by atoms with van der Waals surface area (Å²) in [4.78, 5) is 25.6. The predicted octanol–water partition coefficient (Wildman–Crippen LogP) is 2.07. The normalized spacial score (nSPS) is 19.9. The van der Waals surface area contributed by atoms with E-state index in [2.05, 4.69) is 12.2 Å². The number of nitrogens with zero attached hydrogens (tertiary/aromatic N) is 1. The standard InChI is InChI=1S/C19H29N3O3/c1-14-5-3-4-6-17(14)21-19(24)13-22(12-11-18(20)23)15-7-9-16(25-2)10-8-15/h7-10,14,17H,3-6,11-13H2,1-2H3,(H2,20,23)(H,21,24). The molecular weight excluding hydrogens is 318 g/mol. The lowest BCUT2D eigenvalue weighted by molar-refractivity contribution is -0.121. The Hall–Kier alpha value is -2.24. The molecule has 6 nitrogen and oxygen atoms in total. The smallest absolute Gasteiger partial charge is 0.239 e. The number of carbonyl (C=O) groups excluding carboxylic acids is 2. The molecule has 0 saturated heterocycles. The van der Waals surface area contributed by atoms with Gasteiger partial charge in [-0.2, -0.15) is 0 Å². The number of carbonyl (C=O) groups is 2. The Morgan fingerprint density at radius 3 is 2.52 bits per heavy atom. The largest absolute Gasteiger partial charge is 0.497 e. The molecule has 2 rings (SSSR count). The van der Waals surface area contributed by atoms with E-state index in [1.165, 1.54) is 12.8 Å². The summed E-state index contributed by atoms with van der Waals surface area (Å²) in [6.45, 7) is 2.82. The molecule has 2 unspecified atom stereocenters. The first-order chi connectivity index (χ1) is 12.0. The quantitative estimate of drug-likeness (QED) is 0.754. The van der Waals surface area contributed by atoms with Crippen LogP contribution in [0.4, 0.5) is 5.69 Å². The van der Waals surface area contributed by atoms with Crippen molar-refractivity contribution < 1.29 is 14.3 Å². The summed E-state index contributed by atoms with van der Waals surface area (Å²) in [5.41, 5.74) is 6.15. The van der Waals surface area contributed by atoms with Crippen LogP contribution in [-0.2, 0) is 9.59 Å². The van der Waals surface area contributed by atoms with Gasteiger partial charge in [0.15, 0.2) is 0 Å². The number of nitrogens with two attached hydrogens (primary N) is 1. The second-order valence-corrected chi connectivity index (χ2v) is 6.77. The Kier molecular flexibility index (Phi) is 7.10. The van der Waals surface area contributed by atoms with E-state index in [9.17, 15) is 9.59 Å². The monoisotopic (exact) mass is 347 g/mol. The maximum absolute atomic E-state index is 12.5. The minimum absolute atomic E-state index is 0.0148. The first-order valence-electron chi connectivity index (χ1n) is 8.96. The van der Waals surface area contributed by atoms with E-state index in [4.69, 9.17) is 10.5 Å². The van der Waals surface area contributed by atoms with E-state index in [-0.39, 0.29) is 30.8 Å². The molecule has 1 aliphatic carbocycles. The lowest BCUT2D eigenvalue weighted by Gasteiger charge is -2.31. The van der Waals surface area contributed by atoms with Crippen molar-refractivity contribution in [3.63, 3.8) is 0 Å². The number of benzene rings is 1. The van der Waals surface area contributed by atoms with Gasteiger partial charge in [0, 0.05) is 24.7 Å². The minimum atomic E-state index is -0.375. The third-order valence-electron chi connectivity index (χ3n) is 4.86. The van der Waals surface area contributed by atoms with Crippen molar-refractivity contribution in [3.8, 4) is 5.75 Å². The zero-order chi connectivity index (χ0) is 18.2. The molecule has 1 fully saturated rings. The molecular formula is C19H29N3O3. The number of amides is 2. The van der Waals surface area contributed by atoms with Crippen molar-refractivity contribution in [1.29, 1.82) is 0 Å². The van der Waals surface area contributed by atoms with Gasteiger partial charge in [0.1, 0.15) is 5.75 Å². The molecule has 0 aromatic heterocycles. The highest BCUT2D eigenvalue weighted by atomic mass is 16.5. The summed E-state index contributed by atoms with van der Waals surface area (Å²) in [5, 5.41) is 3.16. The minimum Gasteiger partial charge on any atom is -0.497 e. The number of anilines is 1. The average Bonchev–Trinajstić information content (AvgIpc) is 2.60. The van der Waals surface area contributed by atoms with E-state index in [0.29, 0.717) is 12.5 Å². The molecule has 0 bridgehead atoms. The topological polar surface area (TPSA) is 84.7 Å². The number of methoxy groups -OCH3 is 1. The SMILES string of the molecule is COc1ccc(N(CCC(N)=O)CC(=O)NC2CCCCC2C)cc1. The van der Waals surface area contributed by atoms with Crippen molar-refractivity contribution in [1.82, 2.24) is 5.32 Å². The average molecular weight is 347 g/mol. The predicted molar refractivity (Wildman–Crippen MR) is 98.6 cm³/mol. The molecule has 3 N–H and O–H groups in total. The highest BCUT2D eigenvalue weighted by Crippen LogP contribution is 2.24. The van der Waals surface area contributed by atoms with Crippen molar-refractivity contribution in [2.75, 3.05) is 25.1 Å². The van der Waals surface area contributed by atoms with Gasteiger partial charge in [0.05, 0.1) is 13.7 Å². The molecule has 6 heteroatoms. The molecule has 25 heavy (non-hydrogen) atoms. The fourth-order valence-corrected chi connectivity index (χ4v) is 3.29. The maximum Gasteiger partial charge on any atom is 0.239 e. The summed E-state index contributed by atoms with van der Waals surface area (Å²) in [6, 6.07) is 7.70. The van der Waals surface area contributed by atoms with Crippen LogP contribution >= 0.6 is 0 Å². The Balaban J connectivity index is 2.00. The van der Waals surface area contributed by atoms with Crippen molar-refractivity contribution >= 4 is 17.5 Å². The summed E-state index contributed by atoms with van der Waals surface area (Å²) in [5.74, 6) is 0.871. The van der Waals surface area contributed by atoms with Crippen LogP contribution in [0.2, 0.25) is 0 Å². The molecule has 1 aromatic rings. The Bertz CT molecular complexity index is 574. The number of rotatable bonds is 8. The van der Waals surface area contributed by atoms with Gasteiger partial charge >= 0.3 is 0 Å². The van der Waals surface area contributed by atoms with Gasteiger partial charge in [-0.05, 0) is 43.0 Å². The summed E-state index contributed by atoms with van der Waals surface area (Å²) in [7, 11) is 1.61. The molecule has 0 radical (unpaired) electrons. The highest BCUT2D eigenvalue weighted by molar-refractivity contribution is 5.82. The molecule has 1 saturated carbocycles. The molecule has 0 aliphatic heterocycles. The molecule has 2 amide bonds. The van der Waals surface area contributed by atoms with Crippen LogP contribution in [0.25, 0.3) is 0 Å². The Morgan fingerprint density at radius 1 is 1.24 bits per heavy atom. The number of primary amides is 1. The molecule has 138 valence electrons. The van der Waals surface area contributed by atoms with Crippen LogP contribution in [0.3, 0.4) is 0 Å². The third kappa shape index (κ3) is 5.96. The third-order valence-corrected chi connectivity index (χ3v) is 4.86. The van der Waals surface area contributed by atoms with Crippen LogP contribution < -0.4 is 20.7 Å². The van der Waals surface area contributed by atoms with E-state index in [0.717, 1.165) is 24.3 Å². The number of hydrogen-bond donors (Lipinski definition) is 2. The second-order valence-electron chi connectivity index (χ2n) is 6.77. The van der Waals surface area contributed by atoms with E-state index < -0.39 is 0 Å². The number of nitrogens with one attached hydrogen (secondary N) is 1. The van der Waals surface area contributed by atoms with Crippen molar-refractivity contribution in [3.05, 3.63) is 24.3 Å². The lowest BCUT2D eigenvalue weighted by Crippen LogP contribution is -2.46. The van der Waals surface area contributed by atoms with Crippen LogP contribution in [0.15, 0.2) is 24.3 Å². The van der Waals surface area contributed by atoms with E-state index in [1.54, 1.807) is 7.11 Å². The van der Waals surface area contributed by atoms with E-state index in [1.807, 2.05) is 29.2 Å². The van der Waals surface area contributed by atoms with Gasteiger partial charge in [0.25, 0.3) is 0 Å². The molecule has 0 heterocycles.